The Labute approximate surface area is 360 Å². The number of phenolic OH excluding ortho intramolecular Hbond substituents is 2. The Bertz CT molecular complexity index is 2660. The summed E-state index contributed by atoms with van der Waals surface area (Å²) >= 11 is 12.5. The number of aromatic amines is 2. The molecule has 0 unspecified atom stereocenters. The second-order valence-corrected chi connectivity index (χ2v) is 15.1. The molecule has 5 heterocycles. The maximum atomic E-state index is 14.1. The number of phenols is 2. The van der Waals surface area contributed by atoms with Crippen molar-refractivity contribution in [1.82, 2.24) is 9.97 Å². The molecule has 0 bridgehead atoms. The SMILES string of the molecule is COC(=O)c1c(C(F)(F)F)[nH]c2c(O)cc3c(c12)[C@H](CCl)CN3C(=O)/C=C/c1ccc(/C=C/C(=O)N2C[C@@H](CCl)c3c2cc(O)c2[nH]c(C(F)(F)F)c(C(=O)OC)c32)c2c1OCO2. The molecule has 3 aliphatic heterocycles. The van der Waals surface area contributed by atoms with Gasteiger partial charge in [-0.1, -0.05) is 12.1 Å². The molecule has 14 nitrogen and oxygen atoms in total. The monoisotopic (exact) mass is 922 g/mol. The number of nitrogens with one attached hydrogen (secondary N) is 2. The highest BCUT2D eigenvalue weighted by atomic mass is 35.5. The highest BCUT2D eigenvalue weighted by molar-refractivity contribution is 6.21. The van der Waals surface area contributed by atoms with Crippen LogP contribution in [-0.2, 0) is 31.4 Å². The van der Waals surface area contributed by atoms with Gasteiger partial charge < -0.3 is 48.9 Å². The number of H-pyrrole nitrogens is 2. The second-order valence-electron chi connectivity index (χ2n) is 14.5. The van der Waals surface area contributed by atoms with E-state index in [1.54, 1.807) is 12.1 Å². The van der Waals surface area contributed by atoms with Gasteiger partial charge in [0.05, 0.1) is 47.8 Å². The smallest absolute Gasteiger partial charge is 0.432 e. The summed E-state index contributed by atoms with van der Waals surface area (Å²) in [5.74, 6) is -6.81. The van der Waals surface area contributed by atoms with Crippen LogP contribution in [0, 0.1) is 0 Å². The minimum atomic E-state index is -5.04. The molecule has 0 fully saturated rings. The van der Waals surface area contributed by atoms with E-state index in [0.29, 0.717) is 11.1 Å². The van der Waals surface area contributed by atoms with Crippen LogP contribution in [0.2, 0.25) is 0 Å². The van der Waals surface area contributed by atoms with Crippen molar-refractivity contribution >= 4 is 92.3 Å². The number of carbonyl (C=O) groups excluding carboxylic acids is 4. The predicted octanol–water partition coefficient (Wildman–Crippen LogP) is 8.16. The van der Waals surface area contributed by atoms with Gasteiger partial charge in [0, 0.05) is 82.9 Å². The van der Waals surface area contributed by atoms with Gasteiger partial charge in [-0.3, -0.25) is 9.59 Å². The zero-order valence-electron chi connectivity index (χ0n) is 32.4. The first kappa shape index (κ1) is 43.1. The van der Waals surface area contributed by atoms with E-state index in [9.17, 15) is 55.7 Å². The second kappa shape index (κ2) is 15.7. The molecule has 0 aliphatic carbocycles. The van der Waals surface area contributed by atoms with E-state index in [-0.39, 0.29) is 87.4 Å². The lowest BCUT2D eigenvalue weighted by molar-refractivity contribution is -0.141. The van der Waals surface area contributed by atoms with E-state index in [2.05, 4.69) is 19.4 Å². The summed E-state index contributed by atoms with van der Waals surface area (Å²) in [7, 11) is 1.81. The number of fused-ring (bicyclic) bond motifs is 7. The summed E-state index contributed by atoms with van der Waals surface area (Å²) in [6.45, 7) is -0.487. The maximum Gasteiger partial charge on any atom is 0.432 e. The molecule has 0 radical (unpaired) electrons. The highest BCUT2D eigenvalue weighted by Gasteiger charge is 2.45. The molecule has 4 N–H and O–H groups in total. The van der Waals surface area contributed by atoms with Crippen LogP contribution < -0.4 is 19.3 Å². The molecule has 0 saturated carbocycles. The van der Waals surface area contributed by atoms with Gasteiger partial charge in [0.1, 0.15) is 22.9 Å². The van der Waals surface area contributed by atoms with Crippen molar-refractivity contribution in [2.45, 2.75) is 24.2 Å². The fourth-order valence-electron chi connectivity index (χ4n) is 8.34. The Morgan fingerprint density at radius 3 is 1.44 bits per heavy atom. The number of hydrogen-bond donors (Lipinski definition) is 4. The Balaban J connectivity index is 1.09. The number of alkyl halides is 8. The first-order valence-electron chi connectivity index (χ1n) is 18.5. The van der Waals surface area contributed by atoms with Crippen LogP contribution in [0.1, 0.15) is 66.2 Å². The van der Waals surface area contributed by atoms with Gasteiger partial charge in [0.25, 0.3) is 11.8 Å². The van der Waals surface area contributed by atoms with Gasteiger partial charge in [-0.25, -0.2) is 9.59 Å². The lowest BCUT2D eigenvalue weighted by Crippen LogP contribution is -2.28. The number of aromatic hydroxyl groups is 2. The molecule has 22 heteroatoms. The quantitative estimate of drug-likeness (QED) is 0.0513. The van der Waals surface area contributed by atoms with Crippen LogP contribution in [0.3, 0.4) is 0 Å². The number of esters is 2. The van der Waals surface area contributed by atoms with E-state index in [0.717, 1.165) is 38.5 Å². The number of ether oxygens (including phenoxy) is 4. The summed E-state index contributed by atoms with van der Waals surface area (Å²) in [5.41, 5.74) is -4.41. The lowest BCUT2D eigenvalue weighted by atomic mass is 9.95. The van der Waals surface area contributed by atoms with Crippen molar-refractivity contribution < 1.29 is 74.7 Å². The third kappa shape index (κ3) is 7.00. The van der Waals surface area contributed by atoms with E-state index >= 15 is 0 Å². The Kier molecular flexibility index (Phi) is 10.7. The maximum absolute atomic E-state index is 14.1. The lowest BCUT2D eigenvalue weighted by Gasteiger charge is -2.16. The minimum Gasteiger partial charge on any atom is -0.506 e. The molecule has 2 aromatic heterocycles. The van der Waals surface area contributed by atoms with Crippen molar-refractivity contribution in [3.8, 4) is 23.0 Å². The fourth-order valence-corrected chi connectivity index (χ4v) is 8.84. The van der Waals surface area contributed by atoms with Gasteiger partial charge in [-0.05, 0) is 23.3 Å². The zero-order valence-corrected chi connectivity index (χ0v) is 33.9. The van der Waals surface area contributed by atoms with Crippen molar-refractivity contribution in [2.24, 2.45) is 0 Å². The van der Waals surface area contributed by atoms with Crippen LogP contribution in [-0.4, -0.2) is 89.8 Å². The van der Waals surface area contributed by atoms with E-state index < -0.39 is 82.0 Å². The number of anilines is 2. The predicted molar refractivity (Wildman–Crippen MR) is 215 cm³/mol. The number of nitrogens with zero attached hydrogens (tertiary/aromatic N) is 2. The Morgan fingerprint density at radius 2 is 1.11 bits per heavy atom. The zero-order chi connectivity index (χ0) is 45.4. The molecule has 0 saturated heterocycles. The average molecular weight is 924 g/mol. The van der Waals surface area contributed by atoms with Crippen LogP contribution >= 0.6 is 23.2 Å². The van der Waals surface area contributed by atoms with Crippen molar-refractivity contribution in [2.75, 3.05) is 55.7 Å². The molecule has 2 amide bonds. The number of rotatable bonds is 8. The molecule has 0 spiro atoms. The third-order valence-electron chi connectivity index (χ3n) is 11.0. The van der Waals surface area contributed by atoms with E-state index in [1.807, 2.05) is 0 Å². The summed E-state index contributed by atoms with van der Waals surface area (Å²) < 4.78 is 105. The number of benzene rings is 3. The van der Waals surface area contributed by atoms with Crippen LogP contribution in [0.25, 0.3) is 34.0 Å². The standard InChI is InChI=1S/C41H30Cl2F6N4O10/c1-60-38(58)30-28-26-18(11-42)13-52(20(26)9-22(54)32(28)50-36(30)40(44,45)46)24(56)7-5-16-3-4-17(35-34(16)62-15-63-35)6-8-25(57)53-14-19(12-43)27-21(53)10-23(55)33-29(27)31(39(59)61-2)37(51-33)41(47,48)49/h3-10,18-19,50-51,54-55H,11-15H2,1-2H3/b7-5+,8-6+/t18-,19-/m1/s1. The summed E-state index contributed by atoms with van der Waals surface area (Å²) in [6.07, 6.45) is -5.01. The molecule has 2 atom stereocenters. The van der Waals surface area contributed by atoms with Gasteiger partial charge in [0.2, 0.25) is 6.79 Å². The average Bonchev–Trinajstić information content (AvgIpc) is 4.08. The van der Waals surface area contributed by atoms with Crippen LogP contribution in [0.15, 0.2) is 36.4 Å². The number of methoxy groups -OCH3 is 2. The largest absolute Gasteiger partial charge is 0.506 e. The third-order valence-corrected chi connectivity index (χ3v) is 11.7. The van der Waals surface area contributed by atoms with Crippen LogP contribution in [0.4, 0.5) is 37.7 Å². The molecule has 330 valence electrons. The van der Waals surface area contributed by atoms with E-state index in [4.69, 9.17) is 32.7 Å². The summed E-state index contributed by atoms with van der Waals surface area (Å²) in [6, 6.07) is 5.29. The molecule has 8 rings (SSSR count). The van der Waals surface area contributed by atoms with Gasteiger partial charge in [-0.2, -0.15) is 26.3 Å². The van der Waals surface area contributed by atoms with Gasteiger partial charge in [0.15, 0.2) is 11.5 Å². The topological polar surface area (TPSA) is 184 Å². The molecule has 3 aromatic carbocycles. The summed E-state index contributed by atoms with van der Waals surface area (Å²) in [5, 5.41) is 21.1. The van der Waals surface area contributed by atoms with Crippen molar-refractivity contribution in [3.63, 3.8) is 0 Å². The normalized spacial score (nSPS) is 17.1. The Hall–Kier alpha value is -6.54. The molecular weight excluding hydrogens is 893 g/mol. The van der Waals surface area contributed by atoms with Gasteiger partial charge in [-0.15, -0.1) is 23.2 Å². The molecule has 5 aromatic rings. The number of amides is 2. The van der Waals surface area contributed by atoms with E-state index in [1.165, 1.54) is 22.0 Å². The number of halogens is 8. The van der Waals surface area contributed by atoms with Gasteiger partial charge >= 0.3 is 24.3 Å². The number of aromatic nitrogens is 2. The number of carbonyl (C=O) groups is 4. The van der Waals surface area contributed by atoms with Crippen molar-refractivity contribution in [1.29, 1.82) is 0 Å². The molecule has 3 aliphatic rings. The number of hydrogen-bond acceptors (Lipinski definition) is 10. The van der Waals surface area contributed by atoms with Crippen LogP contribution in [0.5, 0.6) is 23.0 Å². The van der Waals surface area contributed by atoms with Crippen molar-refractivity contribution in [3.05, 3.63) is 81.2 Å². The molecule has 63 heavy (non-hydrogen) atoms. The first-order chi connectivity index (χ1) is 29.8. The summed E-state index contributed by atoms with van der Waals surface area (Å²) in [4.78, 5) is 59.5. The minimum absolute atomic E-state index is 0.0221. The Morgan fingerprint density at radius 1 is 0.730 bits per heavy atom. The first-order valence-corrected chi connectivity index (χ1v) is 19.6. The molecular formula is C41H30Cl2F6N4O10. The fraction of sp³-hybridized carbons (Fsp3) is 0.268. The highest BCUT2D eigenvalue weighted by Crippen LogP contribution is 2.51.